The first kappa shape index (κ1) is 20.1. The van der Waals surface area contributed by atoms with E-state index in [0.717, 1.165) is 6.26 Å². The van der Waals surface area contributed by atoms with Crippen molar-refractivity contribution in [3.8, 4) is 0 Å². The number of benzene rings is 2. The van der Waals surface area contributed by atoms with Crippen molar-refractivity contribution >= 4 is 27.6 Å². The summed E-state index contributed by atoms with van der Waals surface area (Å²) in [7, 11) is -3.38. The molecule has 8 nitrogen and oxygen atoms in total. The lowest BCUT2D eigenvalue weighted by atomic mass is 10.2. The van der Waals surface area contributed by atoms with Gasteiger partial charge < -0.3 is 4.74 Å². The zero-order valence-electron chi connectivity index (χ0n) is 14.6. The second kappa shape index (κ2) is 8.45. The summed E-state index contributed by atoms with van der Waals surface area (Å²) < 4.78 is 27.8. The van der Waals surface area contributed by atoms with Gasteiger partial charge >= 0.3 is 5.97 Å². The van der Waals surface area contributed by atoms with Crippen molar-refractivity contribution in [3.63, 3.8) is 0 Å². The minimum absolute atomic E-state index is 0.0634. The predicted octanol–water partition coefficient (Wildman–Crippen LogP) is 1.10. The van der Waals surface area contributed by atoms with Gasteiger partial charge in [0, 0.05) is 11.8 Å². The first-order valence-corrected chi connectivity index (χ1v) is 9.74. The molecule has 1 atom stereocenters. The normalized spacial score (nSPS) is 11.9. The molecule has 0 fully saturated rings. The van der Waals surface area contributed by atoms with Crippen LogP contribution in [0.15, 0.2) is 59.5 Å². The Hall–Kier alpha value is -3.20. The highest BCUT2D eigenvalue weighted by Crippen LogP contribution is 2.12. The molecule has 0 spiro atoms. The van der Waals surface area contributed by atoms with Gasteiger partial charge in [0.25, 0.3) is 11.8 Å². The fraction of sp³-hybridized carbons (Fsp3) is 0.167. The topological polar surface area (TPSA) is 119 Å². The Morgan fingerprint density at radius 2 is 1.48 bits per heavy atom. The Morgan fingerprint density at radius 1 is 0.889 bits per heavy atom. The summed E-state index contributed by atoms with van der Waals surface area (Å²) in [5.41, 5.74) is 4.84. The Labute approximate surface area is 156 Å². The van der Waals surface area contributed by atoms with E-state index < -0.39 is 33.7 Å². The number of sulfone groups is 1. The second-order valence-electron chi connectivity index (χ2n) is 5.65. The molecule has 0 bridgehead atoms. The van der Waals surface area contributed by atoms with Gasteiger partial charge in [-0.1, -0.05) is 18.2 Å². The fourth-order valence-electron chi connectivity index (χ4n) is 2.00. The van der Waals surface area contributed by atoms with Crippen LogP contribution in [0.25, 0.3) is 0 Å². The van der Waals surface area contributed by atoms with Gasteiger partial charge in [0.15, 0.2) is 15.9 Å². The molecule has 0 aliphatic carbocycles. The van der Waals surface area contributed by atoms with Gasteiger partial charge in [0.1, 0.15) is 0 Å². The lowest BCUT2D eigenvalue weighted by Crippen LogP contribution is -2.46. The number of carbonyl (C=O) groups is 3. The van der Waals surface area contributed by atoms with E-state index in [9.17, 15) is 22.8 Å². The molecule has 0 aliphatic heterocycles. The molecule has 2 aromatic rings. The van der Waals surface area contributed by atoms with E-state index in [1.807, 2.05) is 0 Å². The van der Waals surface area contributed by atoms with Crippen molar-refractivity contribution in [3.05, 3.63) is 65.7 Å². The molecule has 142 valence electrons. The predicted molar refractivity (Wildman–Crippen MR) is 96.5 cm³/mol. The number of esters is 1. The second-order valence-corrected chi connectivity index (χ2v) is 7.67. The van der Waals surface area contributed by atoms with E-state index in [0.29, 0.717) is 5.56 Å². The molecule has 0 radical (unpaired) electrons. The molecule has 0 heterocycles. The Balaban J connectivity index is 1.90. The minimum Gasteiger partial charge on any atom is -0.449 e. The molecule has 0 aliphatic rings. The average molecular weight is 390 g/mol. The summed E-state index contributed by atoms with van der Waals surface area (Å²) in [6.07, 6.45) is -0.126. The standard InChI is InChI=1S/C18H18N2O6S/c1-12(16(21)19-20-17(22)13-6-4-3-5-7-13)26-18(23)14-8-10-15(11-9-14)27(2,24)25/h3-12H,1-2H3,(H,19,21)(H,20,22)/t12-/m1/s1. The summed E-state index contributed by atoms with van der Waals surface area (Å²) >= 11 is 0. The van der Waals surface area contributed by atoms with Gasteiger partial charge in [-0.15, -0.1) is 0 Å². The molecule has 2 rings (SSSR count). The van der Waals surface area contributed by atoms with Gasteiger partial charge in [-0.25, -0.2) is 13.2 Å². The number of nitrogens with one attached hydrogen (secondary N) is 2. The van der Waals surface area contributed by atoms with Crippen LogP contribution in [-0.4, -0.2) is 38.6 Å². The van der Waals surface area contributed by atoms with Crippen LogP contribution in [0.2, 0.25) is 0 Å². The first-order chi connectivity index (χ1) is 12.7. The van der Waals surface area contributed by atoms with Crippen LogP contribution in [0, 0.1) is 0 Å². The highest BCUT2D eigenvalue weighted by Gasteiger charge is 2.20. The van der Waals surface area contributed by atoms with E-state index in [1.165, 1.54) is 31.2 Å². The average Bonchev–Trinajstić information content (AvgIpc) is 2.65. The molecule has 0 aromatic heterocycles. The molecule has 2 aromatic carbocycles. The number of rotatable bonds is 5. The summed E-state index contributed by atoms with van der Waals surface area (Å²) in [5.74, 6) is -2.04. The van der Waals surface area contributed by atoms with Crippen molar-refractivity contribution in [2.24, 2.45) is 0 Å². The van der Waals surface area contributed by atoms with E-state index in [1.54, 1.807) is 30.3 Å². The molecule has 27 heavy (non-hydrogen) atoms. The number of carbonyl (C=O) groups excluding carboxylic acids is 3. The van der Waals surface area contributed by atoms with Crippen molar-refractivity contribution in [1.29, 1.82) is 0 Å². The van der Waals surface area contributed by atoms with Crippen LogP contribution in [-0.2, 0) is 19.4 Å². The lowest BCUT2D eigenvalue weighted by molar-refractivity contribution is -0.129. The van der Waals surface area contributed by atoms with Gasteiger partial charge in [-0.05, 0) is 43.3 Å². The molecular formula is C18H18N2O6S. The van der Waals surface area contributed by atoms with E-state index in [4.69, 9.17) is 4.74 Å². The Kier molecular flexibility index (Phi) is 6.30. The summed E-state index contributed by atoms with van der Waals surface area (Å²) in [5, 5.41) is 0. The van der Waals surface area contributed by atoms with Crippen LogP contribution in [0.3, 0.4) is 0 Å². The fourth-order valence-corrected chi connectivity index (χ4v) is 2.63. The zero-order chi connectivity index (χ0) is 20.0. The van der Waals surface area contributed by atoms with Crippen molar-refractivity contribution in [2.45, 2.75) is 17.9 Å². The van der Waals surface area contributed by atoms with E-state index >= 15 is 0 Å². The monoisotopic (exact) mass is 390 g/mol. The van der Waals surface area contributed by atoms with Crippen LogP contribution >= 0.6 is 0 Å². The molecule has 2 amide bonds. The molecule has 0 saturated carbocycles. The maximum atomic E-state index is 12.0. The van der Waals surface area contributed by atoms with Crippen molar-refractivity contribution in [1.82, 2.24) is 10.9 Å². The lowest BCUT2D eigenvalue weighted by Gasteiger charge is -2.14. The zero-order valence-corrected chi connectivity index (χ0v) is 15.4. The van der Waals surface area contributed by atoms with E-state index in [-0.39, 0.29) is 10.5 Å². The van der Waals surface area contributed by atoms with Crippen LogP contribution in [0.5, 0.6) is 0 Å². The van der Waals surface area contributed by atoms with Gasteiger partial charge in [0.05, 0.1) is 10.5 Å². The van der Waals surface area contributed by atoms with Gasteiger partial charge in [-0.2, -0.15) is 0 Å². The number of hydrazine groups is 1. The molecule has 0 unspecified atom stereocenters. The maximum Gasteiger partial charge on any atom is 0.338 e. The first-order valence-electron chi connectivity index (χ1n) is 7.85. The number of hydrogen-bond acceptors (Lipinski definition) is 6. The molecule has 2 N–H and O–H groups in total. The highest BCUT2D eigenvalue weighted by molar-refractivity contribution is 7.90. The third-order valence-electron chi connectivity index (χ3n) is 3.51. The molecule has 9 heteroatoms. The number of hydrogen-bond donors (Lipinski definition) is 2. The number of amides is 2. The summed E-state index contributed by atoms with van der Waals surface area (Å²) in [6.45, 7) is 1.34. The highest BCUT2D eigenvalue weighted by atomic mass is 32.2. The molecular weight excluding hydrogens is 372 g/mol. The van der Waals surface area contributed by atoms with Gasteiger partial charge in [0.2, 0.25) is 0 Å². The van der Waals surface area contributed by atoms with Crippen LogP contribution in [0.4, 0.5) is 0 Å². The van der Waals surface area contributed by atoms with Crippen LogP contribution < -0.4 is 10.9 Å². The SMILES string of the molecule is C[C@@H](OC(=O)c1ccc(S(C)(=O)=O)cc1)C(=O)NNC(=O)c1ccccc1. The minimum atomic E-state index is -3.38. The maximum absolute atomic E-state index is 12.0. The Morgan fingerprint density at radius 3 is 2.04 bits per heavy atom. The van der Waals surface area contributed by atoms with Crippen molar-refractivity contribution in [2.75, 3.05) is 6.26 Å². The van der Waals surface area contributed by atoms with E-state index in [2.05, 4.69) is 10.9 Å². The van der Waals surface area contributed by atoms with Crippen LogP contribution in [0.1, 0.15) is 27.6 Å². The summed E-state index contributed by atoms with van der Waals surface area (Å²) in [6, 6.07) is 13.4. The van der Waals surface area contributed by atoms with Gasteiger partial charge in [-0.3, -0.25) is 20.4 Å². The number of ether oxygens (including phenoxy) is 1. The smallest absolute Gasteiger partial charge is 0.338 e. The van der Waals surface area contributed by atoms with Crippen molar-refractivity contribution < 1.29 is 27.5 Å². The quantitative estimate of drug-likeness (QED) is 0.583. The Bertz CT molecular complexity index is 940. The largest absolute Gasteiger partial charge is 0.449 e. The molecule has 0 saturated heterocycles. The summed E-state index contributed by atoms with van der Waals surface area (Å²) in [4.78, 5) is 35.9. The third kappa shape index (κ3) is 5.65. The third-order valence-corrected chi connectivity index (χ3v) is 4.63.